The van der Waals surface area contributed by atoms with Gasteiger partial charge in [0.15, 0.2) is 6.29 Å². The lowest BCUT2D eigenvalue weighted by atomic mass is 10.0. The van der Waals surface area contributed by atoms with E-state index in [2.05, 4.69) is 9.97 Å². The van der Waals surface area contributed by atoms with Crippen molar-refractivity contribution in [3.05, 3.63) is 23.8 Å². The number of hydrogen-bond acceptors (Lipinski definition) is 4. The summed E-state index contributed by atoms with van der Waals surface area (Å²) in [5.74, 6) is 1.38. The molecule has 0 saturated carbocycles. The first kappa shape index (κ1) is 11.5. The lowest BCUT2D eigenvalue weighted by Gasteiger charge is -2.26. The van der Waals surface area contributed by atoms with Crippen LogP contribution < -0.4 is 0 Å². The number of nitrogens with zero attached hydrogens (tertiary/aromatic N) is 2. The summed E-state index contributed by atoms with van der Waals surface area (Å²) in [6.45, 7) is 5.49. The van der Waals surface area contributed by atoms with E-state index in [0.29, 0.717) is 5.92 Å². The molecule has 0 unspecified atom stereocenters. The number of hydrogen-bond donors (Lipinski definition) is 0. The molecule has 0 bridgehead atoms. The van der Waals surface area contributed by atoms with E-state index in [9.17, 15) is 0 Å². The van der Waals surface area contributed by atoms with Crippen molar-refractivity contribution in [2.75, 3.05) is 13.2 Å². The largest absolute Gasteiger partial charge is 0.353 e. The van der Waals surface area contributed by atoms with Crippen LogP contribution in [0.25, 0.3) is 0 Å². The van der Waals surface area contributed by atoms with Crippen LogP contribution >= 0.6 is 0 Å². The lowest BCUT2D eigenvalue weighted by Crippen LogP contribution is -2.30. The van der Waals surface area contributed by atoms with Gasteiger partial charge in [-0.2, -0.15) is 0 Å². The Hall–Kier alpha value is -1.00. The fraction of sp³-hybridized carbons (Fsp3) is 0.667. The van der Waals surface area contributed by atoms with E-state index < -0.39 is 0 Å². The third-order valence-corrected chi connectivity index (χ3v) is 2.74. The molecule has 1 aromatic rings. The van der Waals surface area contributed by atoms with Crippen molar-refractivity contribution in [3.8, 4) is 0 Å². The van der Waals surface area contributed by atoms with E-state index >= 15 is 0 Å². The number of aromatic nitrogens is 2. The maximum atomic E-state index is 5.43. The van der Waals surface area contributed by atoms with Crippen LogP contribution in [0.4, 0.5) is 0 Å². The average molecular weight is 222 g/mol. The summed E-state index contributed by atoms with van der Waals surface area (Å²) in [6.07, 6.45) is 5.59. The van der Waals surface area contributed by atoms with Crippen LogP contribution in [-0.4, -0.2) is 29.5 Å². The Morgan fingerprint density at radius 1 is 1.25 bits per heavy atom. The third-order valence-electron chi connectivity index (χ3n) is 2.74. The van der Waals surface area contributed by atoms with Crippen LogP contribution in [0.3, 0.4) is 0 Å². The first-order valence-electron chi connectivity index (χ1n) is 5.75. The fourth-order valence-corrected chi connectivity index (χ4v) is 1.69. The van der Waals surface area contributed by atoms with Crippen molar-refractivity contribution in [2.45, 2.75) is 33.0 Å². The smallest absolute Gasteiger partial charge is 0.154 e. The van der Waals surface area contributed by atoms with Gasteiger partial charge >= 0.3 is 0 Å². The van der Waals surface area contributed by atoms with Gasteiger partial charge in [0, 0.05) is 24.7 Å². The van der Waals surface area contributed by atoms with Gasteiger partial charge in [-0.15, -0.1) is 0 Å². The summed E-state index contributed by atoms with van der Waals surface area (Å²) in [7, 11) is 0. The second-order valence-corrected chi connectivity index (χ2v) is 4.32. The average Bonchev–Trinajstić information content (AvgIpc) is 2.30. The van der Waals surface area contributed by atoms with Crippen molar-refractivity contribution in [2.24, 2.45) is 5.92 Å². The molecule has 0 radical (unpaired) electrons. The van der Waals surface area contributed by atoms with Gasteiger partial charge in [0.2, 0.25) is 0 Å². The van der Waals surface area contributed by atoms with Crippen LogP contribution in [0.15, 0.2) is 12.4 Å². The minimum Gasteiger partial charge on any atom is -0.353 e. The van der Waals surface area contributed by atoms with Crippen molar-refractivity contribution >= 4 is 0 Å². The predicted molar refractivity (Wildman–Crippen MR) is 59.9 cm³/mol. The molecule has 88 valence electrons. The van der Waals surface area contributed by atoms with Gasteiger partial charge in [0.05, 0.1) is 13.2 Å². The van der Waals surface area contributed by atoms with Gasteiger partial charge in [-0.1, -0.05) is 0 Å². The van der Waals surface area contributed by atoms with Gasteiger partial charge in [0.1, 0.15) is 5.82 Å². The molecule has 2 rings (SSSR count). The number of aryl methyl sites for hydroxylation is 2. The molecule has 4 nitrogen and oxygen atoms in total. The highest BCUT2D eigenvalue weighted by atomic mass is 16.7. The molecular formula is C12H18N2O2. The predicted octanol–water partition coefficient (Wildman–Crippen LogP) is 1.73. The van der Waals surface area contributed by atoms with Crippen molar-refractivity contribution in [3.63, 3.8) is 0 Å². The highest BCUT2D eigenvalue weighted by Gasteiger charge is 2.18. The van der Waals surface area contributed by atoms with Gasteiger partial charge in [-0.25, -0.2) is 9.97 Å². The van der Waals surface area contributed by atoms with E-state index in [4.69, 9.17) is 9.47 Å². The summed E-state index contributed by atoms with van der Waals surface area (Å²) in [5.41, 5.74) is 1.10. The van der Waals surface area contributed by atoms with Gasteiger partial charge < -0.3 is 9.47 Å². The quantitative estimate of drug-likeness (QED) is 0.781. The molecule has 0 aromatic carbocycles. The second-order valence-electron chi connectivity index (χ2n) is 4.32. The number of rotatable bonds is 3. The molecule has 0 aliphatic carbocycles. The minimum atomic E-state index is -0.0492. The molecule has 0 atom stereocenters. The Kier molecular flexibility index (Phi) is 3.85. The van der Waals surface area contributed by atoms with Crippen LogP contribution in [-0.2, 0) is 15.9 Å². The maximum absolute atomic E-state index is 5.43. The summed E-state index contributed by atoms with van der Waals surface area (Å²) < 4.78 is 10.9. The lowest BCUT2D eigenvalue weighted by molar-refractivity contribution is -0.191. The highest BCUT2D eigenvalue weighted by molar-refractivity contribution is 5.01. The highest BCUT2D eigenvalue weighted by Crippen LogP contribution is 2.15. The molecule has 0 N–H and O–H groups in total. The zero-order chi connectivity index (χ0) is 11.4. The van der Waals surface area contributed by atoms with Crippen LogP contribution in [0.1, 0.15) is 24.7 Å². The molecule has 0 amide bonds. The summed E-state index contributed by atoms with van der Waals surface area (Å²) in [6, 6.07) is 0. The topological polar surface area (TPSA) is 44.2 Å². The Balaban J connectivity index is 1.77. The molecule has 1 aliphatic heterocycles. The first-order chi connectivity index (χ1) is 7.74. The maximum Gasteiger partial charge on any atom is 0.154 e. The zero-order valence-corrected chi connectivity index (χ0v) is 9.85. The molecule has 4 heteroatoms. The van der Waals surface area contributed by atoms with Gasteiger partial charge in [-0.05, 0) is 25.8 Å². The fourth-order valence-electron chi connectivity index (χ4n) is 1.69. The SMILES string of the molecule is Cc1cnc(CCC2COC(C)OC2)nc1. The minimum absolute atomic E-state index is 0.0492. The Morgan fingerprint density at radius 3 is 2.50 bits per heavy atom. The first-order valence-corrected chi connectivity index (χ1v) is 5.75. The standard InChI is InChI=1S/C12H18N2O2/c1-9-5-13-12(14-6-9)4-3-11-7-15-10(2)16-8-11/h5-6,10-11H,3-4,7-8H2,1-2H3. The van der Waals surface area contributed by atoms with Crippen molar-refractivity contribution in [1.82, 2.24) is 9.97 Å². The van der Waals surface area contributed by atoms with Crippen LogP contribution in [0.2, 0.25) is 0 Å². The van der Waals surface area contributed by atoms with Crippen LogP contribution in [0.5, 0.6) is 0 Å². The van der Waals surface area contributed by atoms with E-state index in [-0.39, 0.29) is 6.29 Å². The Bertz CT molecular complexity index is 318. The second kappa shape index (κ2) is 5.37. The van der Waals surface area contributed by atoms with Crippen LogP contribution in [0, 0.1) is 12.8 Å². The molecular weight excluding hydrogens is 204 g/mol. The van der Waals surface area contributed by atoms with E-state index in [1.807, 2.05) is 26.2 Å². The van der Waals surface area contributed by atoms with Gasteiger partial charge in [-0.3, -0.25) is 0 Å². The molecule has 1 aliphatic rings. The molecule has 0 spiro atoms. The van der Waals surface area contributed by atoms with E-state index in [0.717, 1.165) is 37.4 Å². The normalized spacial score (nSPS) is 25.6. The third kappa shape index (κ3) is 3.25. The Labute approximate surface area is 96.0 Å². The van der Waals surface area contributed by atoms with E-state index in [1.54, 1.807) is 0 Å². The molecule has 16 heavy (non-hydrogen) atoms. The molecule has 1 saturated heterocycles. The Morgan fingerprint density at radius 2 is 1.88 bits per heavy atom. The molecule has 2 heterocycles. The summed E-state index contributed by atoms with van der Waals surface area (Å²) in [4.78, 5) is 8.57. The summed E-state index contributed by atoms with van der Waals surface area (Å²) >= 11 is 0. The monoisotopic (exact) mass is 222 g/mol. The van der Waals surface area contributed by atoms with Crippen molar-refractivity contribution < 1.29 is 9.47 Å². The number of ether oxygens (including phenoxy) is 2. The zero-order valence-electron chi connectivity index (χ0n) is 9.85. The van der Waals surface area contributed by atoms with Crippen molar-refractivity contribution in [1.29, 1.82) is 0 Å². The van der Waals surface area contributed by atoms with Gasteiger partial charge in [0.25, 0.3) is 0 Å². The molecule has 1 aromatic heterocycles. The summed E-state index contributed by atoms with van der Waals surface area (Å²) in [5, 5.41) is 0. The van der Waals surface area contributed by atoms with E-state index in [1.165, 1.54) is 0 Å². The molecule has 1 fully saturated rings.